The van der Waals surface area contributed by atoms with Gasteiger partial charge in [-0.05, 0) is 36.6 Å². The van der Waals surface area contributed by atoms with Crippen LogP contribution in [0, 0.1) is 19.8 Å². The van der Waals surface area contributed by atoms with Crippen molar-refractivity contribution in [2.75, 3.05) is 0 Å². The summed E-state index contributed by atoms with van der Waals surface area (Å²) in [6, 6.07) is 26.8. The monoisotopic (exact) mass is 447 g/mol. The van der Waals surface area contributed by atoms with Gasteiger partial charge in [-0.1, -0.05) is 86.6 Å². The molecule has 0 saturated heterocycles. The summed E-state index contributed by atoms with van der Waals surface area (Å²) < 4.78 is 0. The molecule has 5 rings (SSSR count). The molecule has 0 fully saturated rings. The van der Waals surface area contributed by atoms with Crippen molar-refractivity contribution in [1.82, 2.24) is 9.99 Å². The molecule has 170 valence electrons. The second-order valence-electron chi connectivity index (χ2n) is 9.29. The SMILES string of the molecule is Cc1ccccc1[C@@H]1CC(c2c(C)nc3ccccc3c2-c2ccccc2)=NN1C(=O)C(C)C. The summed E-state index contributed by atoms with van der Waals surface area (Å²) in [5.41, 5.74) is 8.41. The normalized spacial score (nSPS) is 15.7. The van der Waals surface area contributed by atoms with Crippen LogP contribution >= 0.6 is 0 Å². The van der Waals surface area contributed by atoms with E-state index in [0.29, 0.717) is 6.42 Å². The molecule has 2 heterocycles. The summed E-state index contributed by atoms with van der Waals surface area (Å²) in [6.07, 6.45) is 0.657. The third-order valence-electron chi connectivity index (χ3n) is 6.60. The van der Waals surface area contributed by atoms with Crippen LogP contribution in [0.15, 0.2) is 84.0 Å². The molecule has 0 unspecified atom stereocenters. The number of carbonyl (C=O) groups is 1. The lowest BCUT2D eigenvalue weighted by Crippen LogP contribution is -2.30. The van der Waals surface area contributed by atoms with Gasteiger partial charge in [-0.25, -0.2) is 5.01 Å². The van der Waals surface area contributed by atoms with Gasteiger partial charge in [0.15, 0.2) is 0 Å². The number of hydrazone groups is 1. The third kappa shape index (κ3) is 3.79. The van der Waals surface area contributed by atoms with Crippen LogP contribution in [0.3, 0.4) is 0 Å². The van der Waals surface area contributed by atoms with Crippen molar-refractivity contribution in [3.8, 4) is 11.1 Å². The molecular formula is C30H29N3O. The zero-order valence-corrected chi connectivity index (χ0v) is 20.1. The van der Waals surface area contributed by atoms with E-state index in [9.17, 15) is 4.79 Å². The topological polar surface area (TPSA) is 45.6 Å². The van der Waals surface area contributed by atoms with E-state index < -0.39 is 0 Å². The number of hydrogen-bond acceptors (Lipinski definition) is 3. The first-order valence-electron chi connectivity index (χ1n) is 11.9. The van der Waals surface area contributed by atoms with Gasteiger partial charge in [-0.15, -0.1) is 0 Å². The molecule has 0 spiro atoms. The molecule has 1 amide bonds. The fourth-order valence-corrected chi connectivity index (χ4v) is 4.92. The number of aryl methyl sites for hydroxylation is 2. The highest BCUT2D eigenvalue weighted by molar-refractivity contribution is 6.14. The number of fused-ring (bicyclic) bond motifs is 1. The molecule has 1 aliphatic heterocycles. The molecule has 1 aromatic heterocycles. The van der Waals surface area contributed by atoms with Crippen molar-refractivity contribution < 1.29 is 4.79 Å². The lowest BCUT2D eigenvalue weighted by molar-refractivity contribution is -0.136. The number of carbonyl (C=O) groups excluding carboxylic acids is 1. The van der Waals surface area contributed by atoms with E-state index in [4.69, 9.17) is 10.1 Å². The van der Waals surface area contributed by atoms with Crippen molar-refractivity contribution in [3.63, 3.8) is 0 Å². The Kier molecular flexibility index (Phi) is 5.74. The van der Waals surface area contributed by atoms with E-state index in [1.54, 1.807) is 5.01 Å². The molecule has 1 atom stereocenters. The van der Waals surface area contributed by atoms with Crippen LogP contribution in [0.1, 0.15) is 48.7 Å². The Morgan fingerprint density at radius 2 is 1.56 bits per heavy atom. The molecule has 0 aliphatic carbocycles. The van der Waals surface area contributed by atoms with Crippen LogP contribution in [-0.4, -0.2) is 21.6 Å². The number of nitrogens with zero attached hydrogens (tertiary/aromatic N) is 3. The van der Waals surface area contributed by atoms with Crippen LogP contribution in [0.2, 0.25) is 0 Å². The molecule has 4 nitrogen and oxygen atoms in total. The maximum atomic E-state index is 13.3. The van der Waals surface area contributed by atoms with E-state index >= 15 is 0 Å². The van der Waals surface area contributed by atoms with Gasteiger partial charge in [0.25, 0.3) is 0 Å². The van der Waals surface area contributed by atoms with Crippen molar-refractivity contribution in [2.45, 2.75) is 40.2 Å². The Labute approximate surface area is 201 Å². The van der Waals surface area contributed by atoms with Gasteiger partial charge in [0.05, 0.1) is 17.3 Å². The summed E-state index contributed by atoms with van der Waals surface area (Å²) in [5.74, 6) is -0.102. The molecular weight excluding hydrogens is 418 g/mol. The zero-order chi connectivity index (χ0) is 23.8. The second kappa shape index (κ2) is 8.86. The lowest BCUT2D eigenvalue weighted by atomic mass is 9.88. The Hall–Kier alpha value is -3.79. The summed E-state index contributed by atoms with van der Waals surface area (Å²) in [5, 5.41) is 7.80. The zero-order valence-electron chi connectivity index (χ0n) is 20.1. The van der Waals surface area contributed by atoms with E-state index in [-0.39, 0.29) is 17.9 Å². The molecule has 0 saturated carbocycles. The molecule has 3 aromatic carbocycles. The molecule has 0 N–H and O–H groups in total. The molecule has 1 aliphatic rings. The predicted octanol–water partition coefficient (Wildman–Crippen LogP) is 6.85. The predicted molar refractivity (Wildman–Crippen MR) is 139 cm³/mol. The summed E-state index contributed by atoms with van der Waals surface area (Å²) in [7, 11) is 0. The standard InChI is InChI=1S/C30H29N3O/c1-19(2)30(34)33-27(23-15-9-8-12-20(23)3)18-26(32-33)28-21(4)31-25-17-11-10-16-24(25)29(28)22-13-6-5-7-14-22/h5-17,19,27H,18H2,1-4H3/t27-/m0/s1. The highest BCUT2D eigenvalue weighted by Gasteiger charge is 2.36. The van der Waals surface area contributed by atoms with Crippen LogP contribution in [0.25, 0.3) is 22.0 Å². The molecule has 4 heteroatoms. The first-order valence-corrected chi connectivity index (χ1v) is 11.9. The number of hydrogen-bond donors (Lipinski definition) is 0. The van der Waals surface area contributed by atoms with Gasteiger partial charge in [-0.3, -0.25) is 9.78 Å². The maximum Gasteiger partial charge on any atom is 0.245 e. The second-order valence-corrected chi connectivity index (χ2v) is 9.29. The average Bonchev–Trinajstić information content (AvgIpc) is 3.28. The van der Waals surface area contributed by atoms with Crippen molar-refractivity contribution in [2.24, 2.45) is 11.0 Å². The Bertz CT molecular complexity index is 1410. The lowest BCUT2D eigenvalue weighted by Gasteiger charge is -2.24. The Morgan fingerprint density at radius 1 is 0.882 bits per heavy atom. The molecule has 0 bridgehead atoms. The van der Waals surface area contributed by atoms with Crippen LogP contribution in [0.4, 0.5) is 0 Å². The van der Waals surface area contributed by atoms with E-state index in [0.717, 1.165) is 44.6 Å². The number of amides is 1. The van der Waals surface area contributed by atoms with Crippen LogP contribution in [0.5, 0.6) is 0 Å². The fourth-order valence-electron chi connectivity index (χ4n) is 4.92. The minimum atomic E-state index is -0.140. The van der Waals surface area contributed by atoms with Gasteiger partial charge in [0.1, 0.15) is 0 Å². The van der Waals surface area contributed by atoms with Crippen LogP contribution in [-0.2, 0) is 4.79 Å². The number of para-hydroxylation sites is 1. The molecule has 0 radical (unpaired) electrons. The minimum Gasteiger partial charge on any atom is -0.273 e. The summed E-state index contributed by atoms with van der Waals surface area (Å²) >= 11 is 0. The summed E-state index contributed by atoms with van der Waals surface area (Å²) in [6.45, 7) is 8.02. The Morgan fingerprint density at radius 3 is 2.29 bits per heavy atom. The maximum absolute atomic E-state index is 13.3. The van der Waals surface area contributed by atoms with E-state index in [2.05, 4.69) is 61.5 Å². The van der Waals surface area contributed by atoms with E-state index in [1.807, 2.05) is 45.0 Å². The van der Waals surface area contributed by atoms with Gasteiger partial charge >= 0.3 is 0 Å². The first-order chi connectivity index (χ1) is 16.5. The molecule has 34 heavy (non-hydrogen) atoms. The quantitative estimate of drug-likeness (QED) is 0.343. The number of aromatic nitrogens is 1. The highest BCUT2D eigenvalue weighted by atomic mass is 16.2. The van der Waals surface area contributed by atoms with Crippen molar-refractivity contribution in [1.29, 1.82) is 0 Å². The Balaban J connectivity index is 1.73. The average molecular weight is 448 g/mol. The van der Waals surface area contributed by atoms with Gasteiger partial charge in [0.2, 0.25) is 5.91 Å². The number of pyridine rings is 1. The molecule has 4 aromatic rings. The van der Waals surface area contributed by atoms with Crippen molar-refractivity contribution in [3.05, 3.63) is 101 Å². The fraction of sp³-hybridized carbons (Fsp3) is 0.233. The minimum absolute atomic E-state index is 0.0379. The van der Waals surface area contributed by atoms with E-state index in [1.165, 1.54) is 5.56 Å². The van der Waals surface area contributed by atoms with Gasteiger partial charge in [0, 0.05) is 34.5 Å². The highest BCUT2D eigenvalue weighted by Crippen LogP contribution is 2.40. The van der Waals surface area contributed by atoms with Crippen LogP contribution < -0.4 is 0 Å². The number of rotatable bonds is 4. The number of benzene rings is 3. The summed E-state index contributed by atoms with van der Waals surface area (Å²) in [4.78, 5) is 18.2. The smallest absolute Gasteiger partial charge is 0.245 e. The van der Waals surface area contributed by atoms with Gasteiger partial charge < -0.3 is 0 Å². The third-order valence-corrected chi connectivity index (χ3v) is 6.60. The van der Waals surface area contributed by atoms with Gasteiger partial charge in [-0.2, -0.15) is 5.10 Å². The largest absolute Gasteiger partial charge is 0.273 e. The first kappa shape index (κ1) is 22.0. The van der Waals surface area contributed by atoms with Crippen molar-refractivity contribution >= 4 is 22.5 Å².